The van der Waals surface area contributed by atoms with Crippen LogP contribution in [0.5, 0.6) is 0 Å². The fourth-order valence-corrected chi connectivity index (χ4v) is 3.20. The third kappa shape index (κ3) is 3.24. The molecule has 0 spiro atoms. The first-order chi connectivity index (χ1) is 10.2. The molecule has 0 saturated carbocycles. The second-order valence-corrected chi connectivity index (χ2v) is 7.17. The molecule has 0 saturated heterocycles. The predicted molar refractivity (Wildman–Crippen MR) is 85.1 cm³/mol. The van der Waals surface area contributed by atoms with Gasteiger partial charge in [-0.3, -0.25) is 8.99 Å². The van der Waals surface area contributed by atoms with Gasteiger partial charge in [-0.05, 0) is 31.2 Å². The lowest BCUT2D eigenvalue weighted by molar-refractivity contribution is 0.596. The normalized spacial score (nSPS) is 11.2. The Morgan fingerprint density at radius 1 is 1.36 bits per heavy atom. The molecular weight excluding hydrogens is 324 g/mol. The quantitative estimate of drug-likeness (QED) is 0.856. The largest absolute Gasteiger partial charge is 0.266 e. The maximum Gasteiger partial charge on any atom is 0.232 e. The predicted octanol–water partition coefficient (Wildman–Crippen LogP) is 2.22. The van der Waals surface area contributed by atoms with Gasteiger partial charge < -0.3 is 0 Å². The lowest BCUT2D eigenvalue weighted by Gasteiger charge is -2.22. The summed E-state index contributed by atoms with van der Waals surface area (Å²) in [5, 5.41) is 13.4. The Morgan fingerprint density at radius 3 is 2.36 bits per heavy atom. The van der Waals surface area contributed by atoms with E-state index in [9.17, 15) is 8.42 Å². The number of halogens is 1. The molecule has 0 atom stereocenters. The van der Waals surface area contributed by atoms with Crippen molar-refractivity contribution >= 4 is 27.3 Å². The summed E-state index contributed by atoms with van der Waals surface area (Å²) < 4.78 is 27.0. The lowest BCUT2D eigenvalue weighted by Crippen LogP contribution is -2.29. The van der Waals surface area contributed by atoms with Gasteiger partial charge >= 0.3 is 0 Å². The van der Waals surface area contributed by atoms with Gasteiger partial charge in [-0.2, -0.15) is 10.4 Å². The van der Waals surface area contributed by atoms with Crippen molar-refractivity contribution in [1.29, 1.82) is 5.26 Å². The van der Waals surface area contributed by atoms with Crippen LogP contribution in [0.1, 0.15) is 16.8 Å². The van der Waals surface area contributed by atoms with E-state index in [0.717, 1.165) is 6.26 Å². The molecule has 2 aromatic rings. The van der Waals surface area contributed by atoms with E-state index < -0.39 is 10.0 Å². The summed E-state index contributed by atoms with van der Waals surface area (Å²) in [4.78, 5) is 0. The van der Waals surface area contributed by atoms with Gasteiger partial charge in [0.2, 0.25) is 10.0 Å². The Morgan fingerprint density at radius 2 is 1.95 bits per heavy atom. The minimum absolute atomic E-state index is 0.0865. The third-order valence-corrected chi connectivity index (χ3v) is 4.87. The minimum Gasteiger partial charge on any atom is -0.266 e. The fourth-order valence-electron chi connectivity index (χ4n) is 2.10. The van der Waals surface area contributed by atoms with Crippen LogP contribution in [0.2, 0.25) is 5.15 Å². The van der Waals surface area contributed by atoms with Crippen LogP contribution in [0.15, 0.2) is 24.3 Å². The molecule has 116 valence electrons. The highest BCUT2D eigenvalue weighted by Gasteiger charge is 2.22. The standard InChI is InChI=1S/C14H15ClN4O2S/c1-10-13(14(15)18(2)17-10)9-19(22(3,20)21)12-6-4-11(8-16)5-7-12/h4-7H,9H2,1-3H3. The molecule has 0 unspecified atom stereocenters. The average Bonchev–Trinajstić information content (AvgIpc) is 2.69. The zero-order valence-corrected chi connectivity index (χ0v) is 14.0. The van der Waals surface area contributed by atoms with E-state index in [2.05, 4.69) is 5.10 Å². The third-order valence-electron chi connectivity index (χ3n) is 3.26. The average molecular weight is 339 g/mol. The number of rotatable bonds is 4. The minimum atomic E-state index is -3.51. The first kappa shape index (κ1) is 16.3. The number of nitrogens with zero attached hydrogens (tertiary/aromatic N) is 4. The first-order valence-corrected chi connectivity index (χ1v) is 8.62. The molecule has 0 amide bonds. The van der Waals surface area contributed by atoms with Gasteiger partial charge in [0.05, 0.1) is 35.8 Å². The van der Waals surface area contributed by atoms with E-state index in [1.165, 1.54) is 8.99 Å². The number of hydrogen-bond acceptors (Lipinski definition) is 4. The van der Waals surface area contributed by atoms with Gasteiger partial charge in [0.1, 0.15) is 5.15 Å². The maximum absolute atomic E-state index is 12.1. The summed E-state index contributed by atoms with van der Waals surface area (Å²) in [7, 11) is -1.81. The van der Waals surface area contributed by atoms with Crippen molar-refractivity contribution in [3.8, 4) is 6.07 Å². The zero-order valence-electron chi connectivity index (χ0n) is 12.4. The van der Waals surface area contributed by atoms with Crippen LogP contribution in [0, 0.1) is 18.3 Å². The Kier molecular flexibility index (Phi) is 4.44. The number of benzene rings is 1. The molecule has 1 aromatic heterocycles. The van der Waals surface area contributed by atoms with Crippen LogP contribution in [-0.4, -0.2) is 24.5 Å². The number of hydrogen-bond donors (Lipinski definition) is 0. The summed E-state index contributed by atoms with van der Waals surface area (Å²) in [5.41, 5.74) is 2.27. The molecule has 1 aromatic carbocycles. The molecule has 22 heavy (non-hydrogen) atoms. The molecule has 2 rings (SSSR count). The van der Waals surface area contributed by atoms with E-state index in [4.69, 9.17) is 16.9 Å². The molecule has 0 N–H and O–H groups in total. The van der Waals surface area contributed by atoms with E-state index in [0.29, 0.717) is 27.7 Å². The Balaban J connectivity index is 2.45. The second kappa shape index (κ2) is 5.99. The molecule has 0 radical (unpaired) electrons. The summed E-state index contributed by atoms with van der Waals surface area (Å²) >= 11 is 6.18. The summed E-state index contributed by atoms with van der Waals surface area (Å²) in [5.74, 6) is 0. The molecule has 0 aliphatic rings. The maximum atomic E-state index is 12.1. The zero-order chi connectivity index (χ0) is 16.5. The van der Waals surface area contributed by atoms with Crippen molar-refractivity contribution in [3.63, 3.8) is 0 Å². The van der Waals surface area contributed by atoms with Crippen LogP contribution in [-0.2, 0) is 23.6 Å². The SMILES string of the molecule is Cc1nn(C)c(Cl)c1CN(c1ccc(C#N)cc1)S(C)(=O)=O. The number of anilines is 1. The van der Waals surface area contributed by atoms with Gasteiger partial charge in [-0.25, -0.2) is 8.42 Å². The molecule has 6 nitrogen and oxygen atoms in total. The molecule has 1 heterocycles. The molecule has 0 fully saturated rings. The van der Waals surface area contributed by atoms with E-state index in [-0.39, 0.29) is 6.54 Å². The molecule has 0 bridgehead atoms. The lowest BCUT2D eigenvalue weighted by atomic mass is 10.2. The van der Waals surface area contributed by atoms with Crippen molar-refractivity contribution in [2.75, 3.05) is 10.6 Å². The molecule has 0 aliphatic heterocycles. The fraction of sp³-hybridized carbons (Fsp3) is 0.286. The smallest absolute Gasteiger partial charge is 0.232 e. The highest BCUT2D eigenvalue weighted by atomic mass is 35.5. The highest BCUT2D eigenvalue weighted by molar-refractivity contribution is 7.92. The van der Waals surface area contributed by atoms with Crippen molar-refractivity contribution < 1.29 is 8.42 Å². The second-order valence-electron chi connectivity index (χ2n) is 4.91. The van der Waals surface area contributed by atoms with Gasteiger partial charge in [0.25, 0.3) is 0 Å². The topological polar surface area (TPSA) is 79.0 Å². The van der Waals surface area contributed by atoms with E-state index >= 15 is 0 Å². The monoisotopic (exact) mass is 338 g/mol. The highest BCUT2D eigenvalue weighted by Crippen LogP contribution is 2.26. The van der Waals surface area contributed by atoms with Crippen LogP contribution < -0.4 is 4.31 Å². The number of nitriles is 1. The van der Waals surface area contributed by atoms with Gasteiger partial charge in [-0.15, -0.1) is 0 Å². The van der Waals surface area contributed by atoms with Crippen molar-refractivity contribution in [2.24, 2.45) is 7.05 Å². The van der Waals surface area contributed by atoms with Gasteiger partial charge in [0, 0.05) is 12.6 Å². The Bertz CT molecular complexity index is 835. The van der Waals surface area contributed by atoms with Crippen LogP contribution >= 0.6 is 11.6 Å². The van der Waals surface area contributed by atoms with Crippen LogP contribution in [0.25, 0.3) is 0 Å². The first-order valence-electron chi connectivity index (χ1n) is 6.40. The Labute approximate surface area is 134 Å². The summed E-state index contributed by atoms with van der Waals surface area (Å²) in [6, 6.07) is 8.34. The summed E-state index contributed by atoms with van der Waals surface area (Å²) in [6.45, 7) is 1.86. The van der Waals surface area contributed by atoms with E-state index in [1.54, 1.807) is 38.2 Å². The van der Waals surface area contributed by atoms with E-state index in [1.807, 2.05) is 6.07 Å². The van der Waals surface area contributed by atoms with Crippen LogP contribution in [0.3, 0.4) is 0 Å². The number of aryl methyl sites for hydroxylation is 2. The molecule has 8 heteroatoms. The van der Waals surface area contributed by atoms with Gasteiger partial charge in [0.15, 0.2) is 0 Å². The van der Waals surface area contributed by atoms with Crippen LogP contribution in [0.4, 0.5) is 5.69 Å². The number of aromatic nitrogens is 2. The Hall–Kier alpha value is -2.04. The van der Waals surface area contributed by atoms with Crippen molar-refractivity contribution in [2.45, 2.75) is 13.5 Å². The van der Waals surface area contributed by atoms with Crippen molar-refractivity contribution in [1.82, 2.24) is 9.78 Å². The van der Waals surface area contributed by atoms with Crippen molar-refractivity contribution in [3.05, 3.63) is 46.2 Å². The van der Waals surface area contributed by atoms with Gasteiger partial charge in [-0.1, -0.05) is 11.6 Å². The summed E-state index contributed by atoms with van der Waals surface area (Å²) in [6.07, 6.45) is 1.13. The molecule has 0 aliphatic carbocycles. The molecular formula is C14H15ClN4O2S. The number of sulfonamides is 1.